The minimum atomic E-state index is -5.39. The third-order valence-electron chi connectivity index (χ3n) is 3.35. The summed E-state index contributed by atoms with van der Waals surface area (Å²) < 4.78 is 70.7. The number of hydrogen-bond acceptors (Lipinski definition) is 9. The Morgan fingerprint density at radius 3 is 1.88 bits per heavy atom. The van der Waals surface area contributed by atoms with Crippen LogP contribution in [0.15, 0.2) is 0 Å². The molecule has 0 saturated heterocycles. The van der Waals surface area contributed by atoms with E-state index >= 15 is 0 Å². The molecule has 14 nitrogen and oxygen atoms in total. The molecule has 0 heterocycles. The highest BCUT2D eigenvalue weighted by atomic mass is 32.3. The fourth-order valence-corrected chi connectivity index (χ4v) is 2.39. The van der Waals surface area contributed by atoms with Crippen molar-refractivity contribution >= 4 is 52.7 Å². The summed E-state index contributed by atoms with van der Waals surface area (Å²) in [7, 11) is -5.10. The van der Waals surface area contributed by atoms with Gasteiger partial charge in [-0.2, -0.15) is 34.2 Å². The smallest absolute Gasteiger partial charge is 0.471 e. The highest BCUT2D eigenvalue weighted by molar-refractivity contribution is 7.81. The predicted molar refractivity (Wildman–Crippen MR) is 97.7 cm³/mol. The van der Waals surface area contributed by atoms with Crippen LogP contribution >= 0.6 is 12.6 Å². The quantitative estimate of drug-likeness (QED) is 0.102. The van der Waals surface area contributed by atoms with E-state index in [2.05, 4.69) is 16.8 Å². The van der Waals surface area contributed by atoms with Crippen LogP contribution in [0.1, 0.15) is 12.8 Å². The van der Waals surface area contributed by atoms with Gasteiger partial charge in [0, 0.05) is 12.2 Å². The van der Waals surface area contributed by atoms with Gasteiger partial charge >= 0.3 is 34.4 Å². The van der Waals surface area contributed by atoms with Crippen LogP contribution in [0.4, 0.5) is 13.2 Å². The normalized spacial score (nSPS) is 14.5. The predicted octanol–water partition coefficient (Wildman–Crippen LogP) is -2.30. The van der Waals surface area contributed by atoms with Crippen LogP contribution in [-0.4, -0.2) is 89.5 Å². The van der Waals surface area contributed by atoms with Gasteiger partial charge in [0.25, 0.3) is 0 Å². The van der Waals surface area contributed by atoms with Gasteiger partial charge in [0.15, 0.2) is 0 Å². The third-order valence-corrected chi connectivity index (χ3v) is 4.15. The van der Waals surface area contributed by atoms with Crippen LogP contribution in [0, 0.1) is 0 Å². The molecule has 32 heavy (non-hydrogen) atoms. The fourth-order valence-electron chi connectivity index (χ4n) is 1.83. The first-order valence-corrected chi connectivity index (χ1v) is 10.1. The molecule has 0 aromatic heterocycles. The highest BCUT2D eigenvalue weighted by Gasteiger charge is 2.41. The molecule has 3 atom stereocenters. The Balaban J connectivity index is 5.21. The molecular formula is C13H18F3N3O11S2. The van der Waals surface area contributed by atoms with Gasteiger partial charge in [0.1, 0.15) is 18.1 Å². The number of nitrogens with one attached hydrogen (secondary N) is 3. The number of halogens is 3. The van der Waals surface area contributed by atoms with E-state index in [1.54, 1.807) is 0 Å². The zero-order chi connectivity index (χ0) is 25.3. The highest BCUT2D eigenvalue weighted by Crippen LogP contribution is 2.15. The number of carboxylic acids is 2. The SMILES string of the molecule is O=C(CC[C@H](NC(=O)C(F)(F)F)C(=O)O)N[C@@H](COS(=O)(=O)O)C(=O)N[C@@H](CS)C(=O)O. The molecule has 0 aliphatic heterocycles. The number of hydrogen-bond donors (Lipinski definition) is 7. The lowest BCUT2D eigenvalue weighted by Gasteiger charge is -2.20. The van der Waals surface area contributed by atoms with Crippen molar-refractivity contribution in [1.29, 1.82) is 0 Å². The molecule has 0 fully saturated rings. The van der Waals surface area contributed by atoms with Gasteiger partial charge in [0.05, 0.1) is 6.61 Å². The van der Waals surface area contributed by atoms with Gasteiger partial charge in [-0.05, 0) is 6.42 Å². The van der Waals surface area contributed by atoms with Crippen LogP contribution in [0.3, 0.4) is 0 Å². The summed E-state index contributed by atoms with van der Waals surface area (Å²) >= 11 is 3.67. The van der Waals surface area contributed by atoms with Crippen molar-refractivity contribution in [3.05, 3.63) is 0 Å². The first-order valence-electron chi connectivity index (χ1n) is 8.13. The van der Waals surface area contributed by atoms with Crippen LogP contribution in [0.25, 0.3) is 0 Å². The van der Waals surface area contributed by atoms with Crippen molar-refractivity contribution in [2.75, 3.05) is 12.4 Å². The van der Waals surface area contributed by atoms with E-state index in [1.165, 1.54) is 0 Å². The molecule has 0 bridgehead atoms. The summed E-state index contributed by atoms with van der Waals surface area (Å²) in [5.74, 6) is -8.95. The van der Waals surface area contributed by atoms with Crippen LogP contribution < -0.4 is 16.0 Å². The second kappa shape index (κ2) is 12.4. The lowest BCUT2D eigenvalue weighted by molar-refractivity contribution is -0.175. The van der Waals surface area contributed by atoms with E-state index in [-0.39, 0.29) is 0 Å². The van der Waals surface area contributed by atoms with E-state index < -0.39 is 89.6 Å². The molecule has 0 aliphatic rings. The first kappa shape index (κ1) is 29.4. The lowest BCUT2D eigenvalue weighted by Crippen LogP contribution is -2.54. The molecule has 0 saturated carbocycles. The molecule has 0 spiro atoms. The van der Waals surface area contributed by atoms with Crippen LogP contribution in [-0.2, 0) is 38.6 Å². The summed E-state index contributed by atoms with van der Waals surface area (Å²) in [5.41, 5.74) is 0. The van der Waals surface area contributed by atoms with Crippen molar-refractivity contribution in [1.82, 2.24) is 16.0 Å². The maximum atomic E-state index is 12.2. The molecule has 184 valence electrons. The Labute approximate surface area is 183 Å². The van der Waals surface area contributed by atoms with Gasteiger partial charge in [-0.25, -0.2) is 13.8 Å². The molecule has 0 aliphatic carbocycles. The maximum absolute atomic E-state index is 12.2. The van der Waals surface area contributed by atoms with Crippen LogP contribution in [0.2, 0.25) is 0 Å². The fraction of sp³-hybridized carbons (Fsp3) is 0.615. The Morgan fingerprint density at radius 1 is 0.938 bits per heavy atom. The first-order chi connectivity index (χ1) is 14.5. The Hall–Kier alpha value is -2.64. The molecule has 3 amide bonds. The van der Waals surface area contributed by atoms with E-state index in [9.17, 15) is 45.6 Å². The van der Waals surface area contributed by atoms with Crippen molar-refractivity contribution < 1.29 is 64.5 Å². The minimum absolute atomic E-state index is 0.417. The molecular weight excluding hydrogens is 495 g/mol. The largest absolute Gasteiger partial charge is 0.480 e. The van der Waals surface area contributed by atoms with E-state index in [0.717, 1.165) is 5.32 Å². The molecule has 0 rings (SSSR count). The van der Waals surface area contributed by atoms with E-state index in [1.807, 2.05) is 10.6 Å². The number of carboxylic acid groups (broad SMARTS) is 2. The second-order valence-corrected chi connectivity index (χ2v) is 7.27. The molecule has 0 radical (unpaired) electrons. The summed E-state index contributed by atoms with van der Waals surface area (Å²) in [5, 5.41) is 22.6. The number of aliphatic carboxylic acids is 2. The van der Waals surface area contributed by atoms with Gasteiger partial charge in [-0.1, -0.05) is 0 Å². The maximum Gasteiger partial charge on any atom is 0.471 e. The van der Waals surface area contributed by atoms with E-state index in [0.29, 0.717) is 0 Å². The minimum Gasteiger partial charge on any atom is -0.480 e. The van der Waals surface area contributed by atoms with Gasteiger partial charge in [-0.3, -0.25) is 18.9 Å². The standard InChI is InChI=1S/C13H18F3N3O11S2/c14-13(15,16)12(26)19-5(10(22)23)1-2-8(20)17-6(3-30-32(27,28)29)9(21)18-7(4-31)11(24)25/h5-7,31H,1-4H2,(H,17,20)(H,18,21)(H,19,26)(H,22,23)(H,24,25)(H,27,28,29)/t5-,6-,7-/m0/s1. The number of thiol groups is 1. The molecule has 0 aromatic rings. The average molecular weight is 513 g/mol. The third kappa shape index (κ3) is 11.7. The zero-order valence-corrected chi connectivity index (χ0v) is 17.4. The Morgan fingerprint density at radius 2 is 1.47 bits per heavy atom. The summed E-state index contributed by atoms with van der Waals surface area (Å²) in [6.45, 7) is -1.22. The average Bonchev–Trinajstić information content (AvgIpc) is 2.63. The molecule has 0 aromatic carbocycles. The van der Waals surface area contributed by atoms with Gasteiger partial charge in [-0.15, -0.1) is 0 Å². The van der Waals surface area contributed by atoms with Crippen molar-refractivity contribution in [3.63, 3.8) is 0 Å². The van der Waals surface area contributed by atoms with Crippen LogP contribution in [0.5, 0.6) is 0 Å². The molecule has 6 N–H and O–H groups in total. The lowest BCUT2D eigenvalue weighted by atomic mass is 10.1. The summed E-state index contributed by atoms with van der Waals surface area (Å²) in [6.07, 6.45) is -7.13. The van der Waals surface area contributed by atoms with Crippen molar-refractivity contribution in [2.24, 2.45) is 0 Å². The molecule has 19 heteroatoms. The topological polar surface area (TPSA) is 225 Å². The van der Waals surface area contributed by atoms with Gasteiger partial charge in [0.2, 0.25) is 11.8 Å². The number of alkyl halides is 3. The van der Waals surface area contributed by atoms with Crippen molar-refractivity contribution in [2.45, 2.75) is 37.1 Å². The van der Waals surface area contributed by atoms with E-state index in [4.69, 9.17) is 14.8 Å². The number of rotatable bonds is 13. The summed E-state index contributed by atoms with van der Waals surface area (Å²) in [4.78, 5) is 56.9. The Bertz CT molecular complexity index is 835. The number of amides is 3. The number of carbonyl (C=O) groups excluding carboxylic acids is 3. The van der Waals surface area contributed by atoms with Crippen molar-refractivity contribution in [3.8, 4) is 0 Å². The summed E-state index contributed by atoms with van der Waals surface area (Å²) in [6, 6.07) is -5.65. The zero-order valence-electron chi connectivity index (χ0n) is 15.7. The number of carbonyl (C=O) groups is 5. The Kier molecular flexibility index (Phi) is 11.4. The van der Waals surface area contributed by atoms with Gasteiger partial charge < -0.3 is 26.2 Å². The second-order valence-electron chi connectivity index (χ2n) is 5.82. The molecule has 0 unspecified atom stereocenters. The monoisotopic (exact) mass is 513 g/mol.